The van der Waals surface area contributed by atoms with Gasteiger partial charge in [-0.05, 0) is 37.8 Å². The van der Waals surface area contributed by atoms with Crippen molar-refractivity contribution in [2.24, 2.45) is 0 Å². The highest BCUT2D eigenvalue weighted by atomic mass is 19.1. The number of rotatable bonds is 4. The Labute approximate surface area is 151 Å². The third kappa shape index (κ3) is 2.86. The summed E-state index contributed by atoms with van der Waals surface area (Å²) in [5.41, 5.74) is 1.06. The van der Waals surface area contributed by atoms with Crippen LogP contribution in [-0.2, 0) is 23.2 Å². The molecule has 1 fully saturated rings. The minimum absolute atomic E-state index is 0.170. The van der Waals surface area contributed by atoms with E-state index in [1.807, 2.05) is 10.7 Å². The summed E-state index contributed by atoms with van der Waals surface area (Å²) in [6.07, 6.45) is 2.98. The molecule has 6 nitrogen and oxygen atoms in total. The van der Waals surface area contributed by atoms with Gasteiger partial charge in [-0.1, -0.05) is 12.1 Å². The first-order chi connectivity index (χ1) is 12.6. The van der Waals surface area contributed by atoms with Crippen LogP contribution in [0.1, 0.15) is 41.0 Å². The Bertz CT molecular complexity index is 806. The zero-order chi connectivity index (χ0) is 18.1. The molecule has 1 amide bonds. The standard InChI is InChI=1S/C19H22FN3O3/c1-25-16-6-2-5-14(17(16)20)19(7-10-26-11-8-19)21-18(24)15-12-13-4-3-9-23(13)22-15/h2,5-6,12H,3-4,7-11H2,1H3,(H,21,24). The van der Waals surface area contributed by atoms with Gasteiger partial charge in [-0.3, -0.25) is 9.48 Å². The van der Waals surface area contributed by atoms with E-state index in [1.165, 1.54) is 7.11 Å². The maximum atomic E-state index is 15.0. The lowest BCUT2D eigenvalue weighted by molar-refractivity contribution is 0.0330. The summed E-state index contributed by atoms with van der Waals surface area (Å²) in [4.78, 5) is 12.9. The third-order valence-electron chi connectivity index (χ3n) is 5.30. The Hall–Kier alpha value is -2.41. The van der Waals surface area contributed by atoms with E-state index in [0.29, 0.717) is 37.3 Å². The average Bonchev–Trinajstić information content (AvgIpc) is 3.24. The maximum absolute atomic E-state index is 15.0. The van der Waals surface area contributed by atoms with Crippen LogP contribution in [-0.4, -0.2) is 36.0 Å². The van der Waals surface area contributed by atoms with Crippen molar-refractivity contribution in [2.45, 2.75) is 37.8 Å². The number of methoxy groups -OCH3 is 1. The van der Waals surface area contributed by atoms with E-state index in [-0.39, 0.29) is 11.7 Å². The summed E-state index contributed by atoms with van der Waals surface area (Å²) >= 11 is 0. The Morgan fingerprint density at radius 3 is 2.92 bits per heavy atom. The van der Waals surface area contributed by atoms with Crippen molar-refractivity contribution in [2.75, 3.05) is 20.3 Å². The van der Waals surface area contributed by atoms with Crippen molar-refractivity contribution >= 4 is 5.91 Å². The van der Waals surface area contributed by atoms with Crippen molar-refractivity contribution in [1.82, 2.24) is 15.1 Å². The first kappa shape index (κ1) is 17.0. The molecule has 2 aromatic rings. The Kier molecular flexibility index (Phi) is 4.40. The number of nitrogens with zero attached hydrogens (tertiary/aromatic N) is 2. The lowest BCUT2D eigenvalue weighted by atomic mass is 9.82. The maximum Gasteiger partial charge on any atom is 0.272 e. The smallest absolute Gasteiger partial charge is 0.272 e. The fourth-order valence-corrected chi connectivity index (χ4v) is 3.87. The number of aryl methyl sites for hydroxylation is 2. The van der Waals surface area contributed by atoms with Gasteiger partial charge < -0.3 is 14.8 Å². The molecule has 1 aromatic carbocycles. The molecule has 7 heteroatoms. The summed E-state index contributed by atoms with van der Waals surface area (Å²) in [6, 6.07) is 6.85. The van der Waals surface area contributed by atoms with Crippen molar-refractivity contribution in [1.29, 1.82) is 0 Å². The minimum Gasteiger partial charge on any atom is -0.494 e. The molecular formula is C19H22FN3O3. The number of hydrogen-bond acceptors (Lipinski definition) is 4. The number of carbonyl (C=O) groups is 1. The summed E-state index contributed by atoms with van der Waals surface area (Å²) in [7, 11) is 1.43. The van der Waals surface area contributed by atoms with Crippen LogP contribution >= 0.6 is 0 Å². The Balaban J connectivity index is 1.67. The van der Waals surface area contributed by atoms with E-state index in [9.17, 15) is 9.18 Å². The van der Waals surface area contributed by atoms with Crippen LogP contribution in [0.4, 0.5) is 4.39 Å². The van der Waals surface area contributed by atoms with Crippen molar-refractivity contribution in [3.05, 3.63) is 47.0 Å². The second kappa shape index (κ2) is 6.72. The van der Waals surface area contributed by atoms with Gasteiger partial charge in [0.15, 0.2) is 11.6 Å². The zero-order valence-electron chi connectivity index (χ0n) is 14.8. The molecule has 1 N–H and O–H groups in total. The minimum atomic E-state index is -0.831. The largest absolute Gasteiger partial charge is 0.494 e. The molecule has 2 aliphatic rings. The topological polar surface area (TPSA) is 65.4 Å². The highest BCUT2D eigenvalue weighted by Crippen LogP contribution is 2.36. The van der Waals surface area contributed by atoms with E-state index in [2.05, 4.69) is 10.4 Å². The van der Waals surface area contributed by atoms with E-state index < -0.39 is 11.4 Å². The molecule has 138 valence electrons. The van der Waals surface area contributed by atoms with Crippen molar-refractivity contribution in [3.8, 4) is 5.75 Å². The summed E-state index contributed by atoms with van der Waals surface area (Å²) in [5, 5.41) is 7.45. The van der Waals surface area contributed by atoms with Crippen LogP contribution in [0.15, 0.2) is 24.3 Å². The lowest BCUT2D eigenvalue weighted by Gasteiger charge is -2.38. The predicted molar refractivity (Wildman–Crippen MR) is 92.7 cm³/mol. The van der Waals surface area contributed by atoms with Crippen LogP contribution in [0, 0.1) is 5.82 Å². The molecule has 0 bridgehead atoms. The Morgan fingerprint density at radius 1 is 1.38 bits per heavy atom. The normalized spacial score (nSPS) is 18.4. The molecule has 3 heterocycles. The zero-order valence-corrected chi connectivity index (χ0v) is 14.8. The van der Waals surface area contributed by atoms with Gasteiger partial charge in [0, 0.05) is 31.0 Å². The van der Waals surface area contributed by atoms with Gasteiger partial charge in [-0.25, -0.2) is 4.39 Å². The van der Waals surface area contributed by atoms with Gasteiger partial charge in [0.25, 0.3) is 5.91 Å². The van der Waals surface area contributed by atoms with Crippen molar-refractivity contribution in [3.63, 3.8) is 0 Å². The van der Waals surface area contributed by atoms with Gasteiger partial charge in [0.05, 0.1) is 12.6 Å². The molecule has 4 rings (SSSR count). The number of fused-ring (bicyclic) bond motifs is 1. The highest BCUT2D eigenvalue weighted by molar-refractivity contribution is 5.93. The van der Waals surface area contributed by atoms with E-state index in [0.717, 1.165) is 25.1 Å². The first-order valence-corrected chi connectivity index (χ1v) is 8.93. The average molecular weight is 359 g/mol. The lowest BCUT2D eigenvalue weighted by Crippen LogP contribution is -2.50. The molecule has 1 aromatic heterocycles. The van der Waals surface area contributed by atoms with E-state index >= 15 is 0 Å². The molecule has 0 spiro atoms. The molecular weight excluding hydrogens is 337 g/mol. The Morgan fingerprint density at radius 2 is 2.19 bits per heavy atom. The second-order valence-electron chi connectivity index (χ2n) is 6.82. The van der Waals surface area contributed by atoms with Gasteiger partial charge in [0.1, 0.15) is 5.69 Å². The molecule has 0 unspecified atom stereocenters. The molecule has 2 aliphatic heterocycles. The van der Waals surface area contributed by atoms with Crippen LogP contribution in [0.25, 0.3) is 0 Å². The van der Waals surface area contributed by atoms with Gasteiger partial charge >= 0.3 is 0 Å². The number of benzene rings is 1. The predicted octanol–water partition coefficient (Wildman–Crippen LogP) is 2.41. The third-order valence-corrected chi connectivity index (χ3v) is 5.30. The van der Waals surface area contributed by atoms with Crippen molar-refractivity contribution < 1.29 is 18.7 Å². The summed E-state index contributed by atoms with van der Waals surface area (Å²) in [6.45, 7) is 1.75. The van der Waals surface area contributed by atoms with Crippen LogP contribution in [0.3, 0.4) is 0 Å². The number of carbonyl (C=O) groups excluding carboxylic acids is 1. The molecule has 0 radical (unpaired) electrons. The van der Waals surface area contributed by atoms with Crippen LogP contribution < -0.4 is 10.1 Å². The van der Waals surface area contributed by atoms with Crippen LogP contribution in [0.2, 0.25) is 0 Å². The number of nitrogens with one attached hydrogen (secondary N) is 1. The molecule has 0 atom stereocenters. The number of hydrogen-bond donors (Lipinski definition) is 1. The quantitative estimate of drug-likeness (QED) is 0.911. The number of halogens is 1. The molecule has 1 saturated heterocycles. The number of amides is 1. The summed E-state index contributed by atoms with van der Waals surface area (Å²) in [5.74, 6) is -0.552. The first-order valence-electron chi connectivity index (χ1n) is 8.93. The fraction of sp³-hybridized carbons (Fsp3) is 0.474. The van der Waals surface area contributed by atoms with Crippen LogP contribution in [0.5, 0.6) is 5.75 Å². The highest BCUT2D eigenvalue weighted by Gasteiger charge is 2.39. The number of ether oxygens (including phenoxy) is 2. The van der Waals surface area contributed by atoms with Gasteiger partial charge in [0.2, 0.25) is 0 Å². The monoisotopic (exact) mass is 359 g/mol. The molecule has 0 aliphatic carbocycles. The van der Waals surface area contributed by atoms with Gasteiger partial charge in [-0.2, -0.15) is 5.10 Å². The fourth-order valence-electron chi connectivity index (χ4n) is 3.87. The summed E-state index contributed by atoms with van der Waals surface area (Å²) < 4.78 is 27.4. The number of aromatic nitrogens is 2. The van der Waals surface area contributed by atoms with E-state index in [4.69, 9.17) is 9.47 Å². The second-order valence-corrected chi connectivity index (χ2v) is 6.82. The molecule has 0 saturated carbocycles. The molecule has 26 heavy (non-hydrogen) atoms. The van der Waals surface area contributed by atoms with Gasteiger partial charge in [-0.15, -0.1) is 0 Å². The van der Waals surface area contributed by atoms with E-state index in [1.54, 1.807) is 18.2 Å². The SMILES string of the molecule is COc1cccc(C2(NC(=O)c3cc4n(n3)CCC4)CCOCC2)c1F.